The zero-order chi connectivity index (χ0) is 17.9. The molecule has 2 aromatic heterocycles. The highest BCUT2D eigenvalue weighted by Crippen LogP contribution is 2.31. The Labute approximate surface area is 156 Å². The Balaban J connectivity index is 1.75. The molecule has 4 rings (SSSR count). The number of thiophene rings is 1. The van der Waals surface area contributed by atoms with Crippen molar-refractivity contribution < 1.29 is 5.11 Å². The zero-order valence-electron chi connectivity index (χ0n) is 14.4. The topological polar surface area (TPSA) is 58.0 Å². The second kappa shape index (κ2) is 7.14. The summed E-state index contributed by atoms with van der Waals surface area (Å²) < 4.78 is 0. The highest BCUT2D eigenvalue weighted by Gasteiger charge is 2.12. The Bertz CT molecular complexity index is 1030. The van der Waals surface area contributed by atoms with E-state index in [1.807, 2.05) is 30.3 Å². The number of phenols is 1. The molecule has 4 nitrogen and oxygen atoms in total. The summed E-state index contributed by atoms with van der Waals surface area (Å²) in [5.74, 6) is 1.86. The minimum atomic E-state index is 0.247. The van der Waals surface area contributed by atoms with Crippen molar-refractivity contribution in [1.29, 1.82) is 0 Å². The lowest BCUT2D eigenvalue weighted by Crippen LogP contribution is -2.01. The first-order valence-electron chi connectivity index (χ1n) is 8.60. The van der Waals surface area contributed by atoms with Crippen LogP contribution < -0.4 is 5.32 Å². The van der Waals surface area contributed by atoms with Crippen LogP contribution in [-0.2, 0) is 12.8 Å². The molecule has 4 aromatic rings. The summed E-state index contributed by atoms with van der Waals surface area (Å²) in [5.41, 5.74) is 2.08. The van der Waals surface area contributed by atoms with E-state index in [4.69, 9.17) is 9.97 Å². The van der Waals surface area contributed by atoms with Gasteiger partial charge < -0.3 is 10.4 Å². The van der Waals surface area contributed by atoms with Crippen LogP contribution in [0.3, 0.4) is 0 Å². The van der Waals surface area contributed by atoms with E-state index in [9.17, 15) is 5.11 Å². The van der Waals surface area contributed by atoms with Gasteiger partial charge in [-0.1, -0.05) is 37.3 Å². The van der Waals surface area contributed by atoms with E-state index >= 15 is 0 Å². The fourth-order valence-corrected chi connectivity index (χ4v) is 3.81. The molecule has 0 spiro atoms. The second-order valence-corrected chi connectivity index (χ2v) is 7.22. The van der Waals surface area contributed by atoms with Gasteiger partial charge in [-0.25, -0.2) is 9.97 Å². The summed E-state index contributed by atoms with van der Waals surface area (Å²) >= 11 is 1.72. The molecule has 0 saturated heterocycles. The zero-order valence-corrected chi connectivity index (χ0v) is 15.3. The molecule has 0 saturated carbocycles. The maximum atomic E-state index is 9.49. The number of hydrogen-bond donors (Lipinski definition) is 2. The van der Waals surface area contributed by atoms with Crippen molar-refractivity contribution in [2.24, 2.45) is 0 Å². The molecule has 2 heterocycles. The monoisotopic (exact) mass is 361 g/mol. The first kappa shape index (κ1) is 16.5. The Morgan fingerprint density at radius 2 is 1.77 bits per heavy atom. The fraction of sp³-hybridized carbons (Fsp3) is 0.143. The van der Waals surface area contributed by atoms with Gasteiger partial charge in [-0.05, 0) is 42.3 Å². The molecule has 0 fully saturated rings. The smallest absolute Gasteiger partial charge is 0.142 e. The maximum Gasteiger partial charge on any atom is 0.142 e. The van der Waals surface area contributed by atoms with E-state index in [0.717, 1.165) is 34.0 Å². The van der Waals surface area contributed by atoms with Crippen molar-refractivity contribution in [3.63, 3.8) is 0 Å². The number of aryl methyl sites for hydroxylation is 1. The van der Waals surface area contributed by atoms with Crippen LogP contribution in [0.25, 0.3) is 10.2 Å². The second-order valence-electron chi connectivity index (χ2n) is 6.11. The lowest BCUT2D eigenvalue weighted by molar-refractivity contribution is 0.475. The van der Waals surface area contributed by atoms with Gasteiger partial charge in [0.25, 0.3) is 0 Å². The third kappa shape index (κ3) is 3.53. The fourth-order valence-electron chi connectivity index (χ4n) is 2.82. The number of phenolic OH excluding ortho intramolecular Hbond substituents is 1. The molecule has 0 atom stereocenters. The molecule has 0 unspecified atom stereocenters. The van der Waals surface area contributed by atoms with Crippen LogP contribution in [0.1, 0.15) is 23.2 Å². The van der Waals surface area contributed by atoms with E-state index in [1.54, 1.807) is 23.5 Å². The molecule has 2 aromatic carbocycles. The summed E-state index contributed by atoms with van der Waals surface area (Å²) in [5, 5.41) is 13.9. The largest absolute Gasteiger partial charge is 0.508 e. The molecule has 0 aliphatic rings. The summed E-state index contributed by atoms with van der Waals surface area (Å²) in [6.07, 6.45) is 1.67. The predicted octanol–water partition coefficient (Wildman–Crippen LogP) is 5.29. The maximum absolute atomic E-state index is 9.49. The average molecular weight is 361 g/mol. The quantitative estimate of drug-likeness (QED) is 0.474. The van der Waals surface area contributed by atoms with Gasteiger partial charge in [0.15, 0.2) is 0 Å². The molecule has 0 aliphatic heterocycles. The summed E-state index contributed by atoms with van der Waals surface area (Å²) in [4.78, 5) is 11.9. The van der Waals surface area contributed by atoms with Gasteiger partial charge in [-0.3, -0.25) is 0 Å². The number of aromatic nitrogens is 2. The van der Waals surface area contributed by atoms with Gasteiger partial charge in [-0.15, -0.1) is 11.3 Å². The molecule has 26 heavy (non-hydrogen) atoms. The van der Waals surface area contributed by atoms with Crippen LogP contribution >= 0.6 is 11.3 Å². The van der Waals surface area contributed by atoms with Gasteiger partial charge in [0.1, 0.15) is 22.2 Å². The highest BCUT2D eigenvalue weighted by molar-refractivity contribution is 7.18. The Morgan fingerprint density at radius 3 is 2.50 bits per heavy atom. The van der Waals surface area contributed by atoms with Crippen LogP contribution in [0, 0.1) is 0 Å². The Morgan fingerprint density at radius 1 is 1.00 bits per heavy atom. The van der Waals surface area contributed by atoms with Crippen molar-refractivity contribution in [3.8, 4) is 5.75 Å². The van der Waals surface area contributed by atoms with E-state index in [1.165, 1.54) is 10.4 Å². The van der Waals surface area contributed by atoms with Gasteiger partial charge >= 0.3 is 0 Å². The molecular weight excluding hydrogens is 342 g/mol. The Kier molecular flexibility index (Phi) is 4.54. The number of fused-ring (bicyclic) bond motifs is 1. The number of rotatable bonds is 5. The lowest BCUT2D eigenvalue weighted by Gasteiger charge is -2.09. The van der Waals surface area contributed by atoms with Crippen LogP contribution in [0.5, 0.6) is 5.75 Å². The molecule has 0 aliphatic carbocycles. The molecular formula is C21H19N3OS. The number of benzene rings is 2. The number of anilines is 2. The van der Waals surface area contributed by atoms with Crippen LogP contribution in [-0.4, -0.2) is 15.1 Å². The van der Waals surface area contributed by atoms with E-state index < -0.39 is 0 Å². The first-order valence-corrected chi connectivity index (χ1v) is 9.42. The summed E-state index contributed by atoms with van der Waals surface area (Å²) in [6.45, 7) is 2.15. The van der Waals surface area contributed by atoms with Crippen molar-refractivity contribution in [3.05, 3.63) is 76.9 Å². The predicted molar refractivity (Wildman–Crippen MR) is 107 cm³/mol. The molecule has 0 amide bonds. The minimum Gasteiger partial charge on any atom is -0.508 e. The van der Waals surface area contributed by atoms with Crippen LogP contribution in [0.2, 0.25) is 0 Å². The first-order chi connectivity index (χ1) is 12.7. The third-order valence-corrected chi connectivity index (χ3v) is 5.35. The van der Waals surface area contributed by atoms with E-state index in [2.05, 4.69) is 30.4 Å². The normalized spacial score (nSPS) is 11.0. The number of aromatic hydroxyl groups is 1. The minimum absolute atomic E-state index is 0.247. The third-order valence-electron chi connectivity index (χ3n) is 4.17. The van der Waals surface area contributed by atoms with E-state index in [-0.39, 0.29) is 5.75 Å². The van der Waals surface area contributed by atoms with Crippen molar-refractivity contribution in [2.45, 2.75) is 19.8 Å². The molecule has 130 valence electrons. The summed E-state index contributed by atoms with van der Waals surface area (Å²) in [6, 6.07) is 19.4. The van der Waals surface area contributed by atoms with Crippen molar-refractivity contribution in [2.75, 3.05) is 5.32 Å². The SMILES string of the molecule is CCc1cc2c(Nc3ccc(O)cc3)nc(Cc3ccccc3)nc2s1. The van der Waals surface area contributed by atoms with Gasteiger partial charge in [0.05, 0.1) is 5.39 Å². The lowest BCUT2D eigenvalue weighted by atomic mass is 10.1. The van der Waals surface area contributed by atoms with Gasteiger partial charge in [0.2, 0.25) is 0 Å². The number of nitrogens with one attached hydrogen (secondary N) is 1. The molecule has 0 bridgehead atoms. The molecule has 2 N–H and O–H groups in total. The van der Waals surface area contributed by atoms with Gasteiger partial charge in [0, 0.05) is 17.0 Å². The van der Waals surface area contributed by atoms with E-state index in [0.29, 0.717) is 6.42 Å². The number of nitrogens with zero attached hydrogens (tertiary/aromatic N) is 2. The molecule has 5 heteroatoms. The van der Waals surface area contributed by atoms with Gasteiger partial charge in [-0.2, -0.15) is 0 Å². The Hall–Kier alpha value is -2.92. The molecule has 0 radical (unpaired) electrons. The average Bonchev–Trinajstić information content (AvgIpc) is 3.08. The van der Waals surface area contributed by atoms with Crippen molar-refractivity contribution >= 4 is 33.1 Å². The highest BCUT2D eigenvalue weighted by atomic mass is 32.1. The summed E-state index contributed by atoms with van der Waals surface area (Å²) in [7, 11) is 0. The van der Waals surface area contributed by atoms with Crippen LogP contribution in [0.4, 0.5) is 11.5 Å². The van der Waals surface area contributed by atoms with Crippen molar-refractivity contribution in [1.82, 2.24) is 9.97 Å². The number of hydrogen-bond acceptors (Lipinski definition) is 5. The standard InChI is InChI=1S/C21H19N3OS/c1-2-17-13-18-20(22-15-8-10-16(25)11-9-15)23-19(24-21(18)26-17)12-14-6-4-3-5-7-14/h3-11,13,25H,2,12H2,1H3,(H,22,23,24). The van der Waals surface area contributed by atoms with Crippen LogP contribution in [0.15, 0.2) is 60.7 Å².